The van der Waals surface area contributed by atoms with Crippen LogP contribution in [0.5, 0.6) is 0 Å². The van der Waals surface area contributed by atoms with Gasteiger partial charge in [0, 0.05) is 34.0 Å². The Bertz CT molecular complexity index is 3410. The maximum atomic E-state index is 2.79. The number of anilines is 6. The predicted molar refractivity (Wildman–Crippen MR) is 336 cm³/mol. The highest BCUT2D eigenvalue weighted by Gasteiger charge is 2.53. The van der Waals surface area contributed by atoms with Gasteiger partial charge in [-0.2, -0.15) is 0 Å². The molecule has 11 rings (SSSR count). The van der Waals surface area contributed by atoms with E-state index in [1.54, 1.807) is 16.7 Å². The van der Waals surface area contributed by atoms with Crippen LogP contribution in [0.3, 0.4) is 0 Å². The van der Waals surface area contributed by atoms with Crippen molar-refractivity contribution in [1.29, 1.82) is 0 Å². The van der Waals surface area contributed by atoms with Crippen LogP contribution in [0, 0.1) is 26.2 Å². The van der Waals surface area contributed by atoms with Crippen molar-refractivity contribution in [1.82, 2.24) is 0 Å². The Morgan fingerprint density at radius 1 is 0.506 bits per heavy atom. The zero-order chi connectivity index (χ0) is 55.2. The normalized spacial score (nSPS) is 20.5. The fraction of sp³-hybridized carbons (Fsp3) is 0.432. The lowest BCUT2D eigenvalue weighted by Gasteiger charge is -2.52. The van der Waals surface area contributed by atoms with Crippen LogP contribution in [-0.4, -0.2) is 6.71 Å². The highest BCUT2D eigenvalue weighted by atomic mass is 15.2. The van der Waals surface area contributed by atoms with Gasteiger partial charge in [-0.3, -0.25) is 0 Å². The first-order valence-corrected chi connectivity index (χ1v) is 29.5. The number of hydrogen-bond donors (Lipinski definition) is 0. The minimum Gasteiger partial charge on any atom is -0.311 e. The van der Waals surface area contributed by atoms with E-state index in [0.717, 1.165) is 6.42 Å². The number of rotatable bonds is 5. The molecule has 0 spiro atoms. The molecule has 1 saturated carbocycles. The van der Waals surface area contributed by atoms with Gasteiger partial charge in [-0.15, -0.1) is 0 Å². The van der Waals surface area contributed by atoms with Gasteiger partial charge >= 0.3 is 0 Å². The highest BCUT2D eigenvalue weighted by Crippen LogP contribution is 2.57. The summed E-state index contributed by atoms with van der Waals surface area (Å²) < 4.78 is 0. The van der Waals surface area contributed by atoms with Crippen molar-refractivity contribution >= 4 is 57.2 Å². The molecule has 3 heteroatoms. The van der Waals surface area contributed by atoms with Gasteiger partial charge < -0.3 is 9.80 Å². The van der Waals surface area contributed by atoms with Crippen molar-refractivity contribution in [2.24, 2.45) is 5.41 Å². The van der Waals surface area contributed by atoms with Gasteiger partial charge in [-0.1, -0.05) is 207 Å². The molecular formula is C74H89BN2. The molecule has 77 heavy (non-hydrogen) atoms. The number of fused-ring (bicyclic) bond motifs is 9. The van der Waals surface area contributed by atoms with Crippen LogP contribution in [0.1, 0.15) is 198 Å². The van der Waals surface area contributed by atoms with Crippen LogP contribution < -0.4 is 26.2 Å². The SMILES string of the molecule is Cc1cc2c3c(c1)N(c1ccc(C(C)(C)C)cc1-c1ccccc1)c1cc(N(c4ccc(C(C)(C)C)cc4C)c4ccc(C(C)(C)C)cc4C)ccc1B3c1cc(cc3c1C(C)(C)CCC3(C)C)C1(C)CCCCC1(C)C2. The molecule has 2 aliphatic carbocycles. The van der Waals surface area contributed by atoms with Gasteiger partial charge in [-0.25, -0.2) is 0 Å². The number of nitrogens with zero attached hydrogens (tertiary/aromatic N) is 2. The van der Waals surface area contributed by atoms with Gasteiger partial charge in [0.05, 0.1) is 5.69 Å². The van der Waals surface area contributed by atoms with Crippen molar-refractivity contribution in [2.75, 3.05) is 9.80 Å². The average Bonchev–Trinajstić information content (AvgIpc) is 3.53. The Hall–Kier alpha value is -5.80. The summed E-state index contributed by atoms with van der Waals surface area (Å²) in [5, 5.41) is 0. The molecule has 1 fully saturated rings. The second kappa shape index (κ2) is 18.1. The van der Waals surface area contributed by atoms with Gasteiger partial charge in [0.15, 0.2) is 0 Å². The topological polar surface area (TPSA) is 6.48 Å². The molecule has 0 saturated heterocycles. The van der Waals surface area contributed by atoms with Gasteiger partial charge in [0.2, 0.25) is 6.71 Å². The fourth-order valence-electron chi connectivity index (χ4n) is 14.8. The molecule has 0 amide bonds. The van der Waals surface area contributed by atoms with Crippen LogP contribution >= 0.6 is 0 Å². The Morgan fingerprint density at radius 2 is 1.09 bits per heavy atom. The van der Waals surface area contributed by atoms with Crippen LogP contribution in [0.4, 0.5) is 34.1 Å². The lowest BCUT2D eigenvalue weighted by Crippen LogP contribution is -2.61. The summed E-state index contributed by atoms with van der Waals surface area (Å²) in [7, 11) is 0. The first kappa shape index (κ1) is 53.2. The molecule has 398 valence electrons. The molecule has 0 N–H and O–H groups in total. The van der Waals surface area contributed by atoms with Crippen LogP contribution in [0.25, 0.3) is 11.1 Å². The average molecular weight is 1020 g/mol. The van der Waals surface area contributed by atoms with Crippen LogP contribution in [-0.2, 0) is 38.9 Å². The molecule has 4 aliphatic rings. The first-order chi connectivity index (χ1) is 36.0. The summed E-state index contributed by atoms with van der Waals surface area (Å²) in [6.45, 7) is 43.7. The minimum absolute atomic E-state index is 0.000636. The molecule has 0 radical (unpaired) electrons. The summed E-state index contributed by atoms with van der Waals surface area (Å²) >= 11 is 0. The quantitative estimate of drug-likeness (QED) is 0.159. The van der Waals surface area contributed by atoms with E-state index in [4.69, 9.17) is 0 Å². The summed E-state index contributed by atoms with van der Waals surface area (Å²) in [6.07, 6.45) is 8.43. The molecule has 2 atom stereocenters. The maximum absolute atomic E-state index is 2.79. The third-order valence-electron chi connectivity index (χ3n) is 20.0. The van der Waals surface area contributed by atoms with Crippen molar-refractivity contribution in [3.8, 4) is 11.1 Å². The largest absolute Gasteiger partial charge is 0.311 e. The summed E-state index contributed by atoms with van der Waals surface area (Å²) in [5.74, 6) is 0. The summed E-state index contributed by atoms with van der Waals surface area (Å²) in [4.78, 5) is 5.33. The van der Waals surface area contributed by atoms with E-state index in [0.29, 0.717) is 0 Å². The lowest BCUT2D eigenvalue weighted by atomic mass is 9.32. The molecule has 7 aromatic carbocycles. The zero-order valence-electron chi connectivity index (χ0n) is 50.5. The first-order valence-electron chi connectivity index (χ1n) is 29.5. The van der Waals surface area contributed by atoms with Gasteiger partial charge in [0.25, 0.3) is 0 Å². The Labute approximate surface area is 466 Å². The second-order valence-electron chi connectivity index (χ2n) is 29.6. The van der Waals surface area contributed by atoms with Crippen LogP contribution in [0.2, 0.25) is 0 Å². The third-order valence-corrected chi connectivity index (χ3v) is 20.0. The van der Waals surface area contributed by atoms with E-state index in [1.807, 2.05) is 0 Å². The van der Waals surface area contributed by atoms with Gasteiger partial charge in [0.1, 0.15) is 0 Å². The standard InChI is InChI=1S/C74H89BN2/c1-47-38-51-46-73(17)34-22-23-35-74(73,18)55-43-58-66(72(15,16)37-36-71(58,13)14)60(44-55)75-59-30-29-56(76(61-31-26-52(40-48(61)2)68(4,5)6)62-32-27-53(41-49(62)3)69(7,8)9)45-64(59)77(65(39-47)67(51)75)63-33-28-54(70(10,11)12)42-57(63)50-24-20-19-21-25-50/h19-21,24-33,38-45H,22-23,34-37,46H2,1-18H3. The second-order valence-corrected chi connectivity index (χ2v) is 29.6. The number of benzene rings is 7. The summed E-state index contributed by atoms with van der Waals surface area (Å²) in [6, 6.07) is 51.5. The van der Waals surface area contributed by atoms with E-state index >= 15 is 0 Å². The Morgan fingerprint density at radius 3 is 1.70 bits per heavy atom. The van der Waals surface area contributed by atoms with E-state index < -0.39 is 0 Å². The Balaban J connectivity index is 1.29. The number of aryl methyl sites for hydroxylation is 3. The maximum Gasteiger partial charge on any atom is 0.247 e. The zero-order valence-corrected chi connectivity index (χ0v) is 50.5. The van der Waals surface area contributed by atoms with Crippen molar-refractivity contribution in [2.45, 2.75) is 202 Å². The van der Waals surface area contributed by atoms with Gasteiger partial charge in [-0.05, 0) is 205 Å². The van der Waals surface area contributed by atoms with Crippen molar-refractivity contribution in [3.63, 3.8) is 0 Å². The van der Waals surface area contributed by atoms with Crippen molar-refractivity contribution in [3.05, 3.63) is 183 Å². The predicted octanol–water partition coefficient (Wildman–Crippen LogP) is 18.7. The highest BCUT2D eigenvalue weighted by molar-refractivity contribution is 6.98. The van der Waals surface area contributed by atoms with E-state index in [1.165, 1.54) is 139 Å². The third kappa shape index (κ3) is 8.84. The summed E-state index contributed by atoms with van der Waals surface area (Å²) in [5.41, 5.74) is 28.7. The van der Waals surface area contributed by atoms with E-state index in [-0.39, 0.29) is 44.6 Å². The lowest BCUT2D eigenvalue weighted by molar-refractivity contribution is 0.0881. The van der Waals surface area contributed by atoms with E-state index in [2.05, 4.69) is 262 Å². The van der Waals surface area contributed by atoms with Crippen molar-refractivity contribution < 1.29 is 0 Å². The monoisotopic (exact) mass is 1020 g/mol. The molecule has 0 aromatic heterocycles. The molecular weight excluding hydrogens is 928 g/mol. The molecule has 2 aliphatic heterocycles. The van der Waals surface area contributed by atoms with E-state index in [9.17, 15) is 0 Å². The molecule has 2 heterocycles. The smallest absolute Gasteiger partial charge is 0.247 e. The molecule has 2 unspecified atom stereocenters. The fourth-order valence-corrected chi connectivity index (χ4v) is 14.8. The molecule has 2 bridgehead atoms. The molecule has 7 aromatic rings. The Kier molecular flexibility index (Phi) is 12.5. The van der Waals surface area contributed by atoms with Crippen LogP contribution in [0.15, 0.2) is 127 Å². The molecule has 2 nitrogen and oxygen atoms in total. The minimum atomic E-state index is -0.0366. The number of hydrogen-bond acceptors (Lipinski definition) is 2.